The maximum atomic E-state index is 2.60. The number of hydrogen-bond donors (Lipinski definition) is 0. The Bertz CT molecular complexity index is 3800. The molecule has 2 aliphatic heterocycles. The van der Waals surface area contributed by atoms with Gasteiger partial charge in [0, 0.05) is 62.0 Å². The van der Waals surface area contributed by atoms with Gasteiger partial charge in [-0.15, -0.1) is 5.46 Å². The molecule has 9 aromatic carbocycles. The summed E-state index contributed by atoms with van der Waals surface area (Å²) in [4.78, 5) is 7.70. The smallest absolute Gasteiger partial charge is 0.252 e. The molecule has 73 heavy (non-hydrogen) atoms. The Labute approximate surface area is 437 Å². The van der Waals surface area contributed by atoms with Gasteiger partial charge in [0.1, 0.15) is 39.2 Å². The van der Waals surface area contributed by atoms with E-state index in [1.807, 2.05) is 0 Å². The van der Waals surface area contributed by atoms with Crippen LogP contribution in [0.2, 0.25) is 0 Å². The summed E-state index contributed by atoms with van der Waals surface area (Å²) in [5.74, 6) is 0. The van der Waals surface area contributed by atoms with Crippen LogP contribution in [0.5, 0.6) is 0 Å². The van der Waals surface area contributed by atoms with Gasteiger partial charge in [-0.05, 0) is 139 Å². The van der Waals surface area contributed by atoms with Crippen LogP contribution in [-0.2, 0) is 16.2 Å². The van der Waals surface area contributed by atoms with E-state index >= 15 is 0 Å². The van der Waals surface area contributed by atoms with Crippen molar-refractivity contribution in [2.75, 3.05) is 14.7 Å². The second-order valence-corrected chi connectivity index (χ2v) is 23.5. The number of fused-ring (bicyclic) bond motifs is 10. The van der Waals surface area contributed by atoms with Crippen molar-refractivity contribution in [3.05, 3.63) is 198 Å². The molecular weight excluding hydrogens is 876 g/mol. The highest BCUT2D eigenvalue weighted by molar-refractivity contribution is 7.00. The lowest BCUT2D eigenvalue weighted by Gasteiger charge is -2.44. The molecule has 9 heteroatoms. The van der Waals surface area contributed by atoms with Crippen molar-refractivity contribution < 1.29 is 0 Å². The maximum absolute atomic E-state index is 2.60. The average Bonchev–Trinajstić information content (AvgIpc) is 3.77. The van der Waals surface area contributed by atoms with E-state index in [0.717, 1.165) is 11.4 Å². The number of hydrogen-bond acceptors (Lipinski definition) is 3. The van der Waals surface area contributed by atoms with E-state index in [-0.39, 0.29) is 23.0 Å². The third-order valence-corrected chi connectivity index (χ3v) is 18.0. The molecule has 0 saturated carbocycles. The molecule has 0 N–H and O–H groups in total. The molecule has 0 radical (unpaired) electrons. The normalized spacial score (nSPS) is 14.9. The summed E-state index contributed by atoms with van der Waals surface area (Å²) in [6.45, 7) is 16.4. The fourth-order valence-corrected chi connectivity index (χ4v) is 13.6. The number of benzene rings is 9. The van der Waals surface area contributed by atoms with Crippen LogP contribution in [-0.4, -0.2) is 45.9 Å². The minimum absolute atomic E-state index is 0.00462. The van der Waals surface area contributed by atoms with Gasteiger partial charge in [0.2, 0.25) is 0 Å². The predicted molar refractivity (Wildman–Crippen MR) is 330 cm³/mol. The minimum Gasteiger partial charge on any atom is -0.312 e. The lowest BCUT2D eigenvalue weighted by Crippen LogP contribution is -2.61. The van der Waals surface area contributed by atoms with Crippen LogP contribution in [0.25, 0.3) is 22.3 Å². The molecule has 2 aliphatic carbocycles. The molecule has 348 valence electrons. The highest BCUT2D eigenvalue weighted by Gasteiger charge is 2.45. The first-order chi connectivity index (χ1) is 35.0. The second kappa shape index (κ2) is 15.9. The van der Waals surface area contributed by atoms with E-state index in [1.165, 1.54) is 134 Å². The summed E-state index contributed by atoms with van der Waals surface area (Å²) < 4.78 is 0. The summed E-state index contributed by atoms with van der Waals surface area (Å²) in [7, 11) is 11.5. The first kappa shape index (κ1) is 45.6. The first-order valence-electron chi connectivity index (χ1n) is 26.4. The highest BCUT2D eigenvalue weighted by Crippen LogP contribution is 2.54. The van der Waals surface area contributed by atoms with Gasteiger partial charge >= 0.3 is 0 Å². The van der Waals surface area contributed by atoms with Crippen molar-refractivity contribution in [1.82, 2.24) is 0 Å². The van der Waals surface area contributed by atoms with Crippen molar-refractivity contribution in [2.45, 2.75) is 64.7 Å². The standard InChI is InChI=1S/C64H59B6N3/c1-62(2,3)36-23-25-37(26-24-36)71(61-58(68)56(66)55(65)57(67)59(61)69)40-29-32-50-54(35-40)73(39-27-30-43-41-15-8-10-17-45(41)64(6,7)48(43)34-39)53-22-14-21-52-60(53)70(50)49-19-12-13-20-51(49)72(52)38-28-31-47-44(33-38)42-16-9-11-18-46(42)63(47,4)5/h8-35H,65-69H2,1-7H3. The second-order valence-electron chi connectivity index (χ2n) is 23.5. The van der Waals surface area contributed by atoms with Crippen molar-refractivity contribution >= 4 is 141 Å². The van der Waals surface area contributed by atoms with Crippen LogP contribution in [0.3, 0.4) is 0 Å². The zero-order valence-corrected chi connectivity index (χ0v) is 44.6. The quantitative estimate of drug-likeness (QED) is 0.184. The molecular formula is C64H59B6N3. The summed E-state index contributed by atoms with van der Waals surface area (Å²) in [6, 6.07) is 65.4. The monoisotopic (exact) mass is 936 g/mol. The summed E-state index contributed by atoms with van der Waals surface area (Å²) in [5, 5.41) is 0. The molecule has 0 unspecified atom stereocenters. The van der Waals surface area contributed by atoms with Crippen molar-refractivity contribution in [3.8, 4) is 22.3 Å². The van der Waals surface area contributed by atoms with Crippen LogP contribution in [0.1, 0.15) is 76.3 Å². The van der Waals surface area contributed by atoms with Gasteiger partial charge in [-0.2, -0.15) is 0 Å². The Kier molecular flexibility index (Phi) is 9.93. The molecule has 0 aromatic heterocycles. The predicted octanol–water partition coefficient (Wildman–Crippen LogP) is 6.44. The molecule has 0 atom stereocenters. The van der Waals surface area contributed by atoms with Gasteiger partial charge in [0.05, 0.1) is 0 Å². The largest absolute Gasteiger partial charge is 0.312 e. The Morgan fingerprint density at radius 2 is 0.904 bits per heavy atom. The SMILES string of the molecule is Bc1c(B)c(B)c(N(c2ccc(C(C)(C)C)cc2)c2ccc3c(c2)N(c2ccc4c(c2)C(C)(C)c2ccccc2-4)c2cccc4c2B3c2ccccc2N4c2ccc3c(c2)-c2ccccc2C3(C)C)c(B)c1B. The van der Waals surface area contributed by atoms with Crippen LogP contribution >= 0.6 is 0 Å². The molecule has 13 rings (SSSR count). The van der Waals surface area contributed by atoms with Gasteiger partial charge < -0.3 is 14.7 Å². The maximum Gasteiger partial charge on any atom is 0.252 e. The summed E-state index contributed by atoms with van der Waals surface area (Å²) >= 11 is 0. The highest BCUT2D eigenvalue weighted by atomic mass is 15.2. The van der Waals surface area contributed by atoms with E-state index in [0.29, 0.717) is 0 Å². The zero-order valence-electron chi connectivity index (χ0n) is 44.6. The number of nitrogens with zero attached hydrogens (tertiary/aromatic N) is 3. The van der Waals surface area contributed by atoms with Crippen molar-refractivity contribution in [1.29, 1.82) is 0 Å². The van der Waals surface area contributed by atoms with Gasteiger partial charge in [-0.1, -0.05) is 173 Å². The third-order valence-electron chi connectivity index (χ3n) is 18.0. The van der Waals surface area contributed by atoms with Gasteiger partial charge in [0.25, 0.3) is 6.71 Å². The van der Waals surface area contributed by atoms with E-state index in [9.17, 15) is 0 Å². The molecule has 3 nitrogen and oxygen atoms in total. The molecule has 9 aromatic rings. The Hall–Kier alpha value is -7.23. The van der Waals surface area contributed by atoms with Crippen LogP contribution < -0.4 is 58.4 Å². The molecule has 2 heterocycles. The summed E-state index contributed by atoms with van der Waals surface area (Å²) in [5.41, 5.74) is 33.3. The molecule has 0 spiro atoms. The van der Waals surface area contributed by atoms with E-state index in [2.05, 4.69) is 272 Å². The molecule has 0 amide bonds. The third kappa shape index (κ3) is 6.46. The van der Waals surface area contributed by atoms with Gasteiger partial charge in [-0.25, -0.2) is 0 Å². The molecule has 0 fully saturated rings. The van der Waals surface area contributed by atoms with Crippen LogP contribution in [0, 0.1) is 0 Å². The van der Waals surface area contributed by atoms with Gasteiger partial charge in [0.15, 0.2) is 0 Å². The topological polar surface area (TPSA) is 9.72 Å². The van der Waals surface area contributed by atoms with Crippen molar-refractivity contribution in [3.63, 3.8) is 0 Å². The number of para-hydroxylation sites is 1. The van der Waals surface area contributed by atoms with Gasteiger partial charge in [-0.3, -0.25) is 0 Å². The van der Waals surface area contributed by atoms with E-state index < -0.39 is 0 Å². The molecule has 4 aliphatic rings. The minimum atomic E-state index is -0.163. The van der Waals surface area contributed by atoms with Crippen LogP contribution in [0.4, 0.5) is 51.2 Å². The van der Waals surface area contributed by atoms with E-state index in [4.69, 9.17) is 0 Å². The Balaban J connectivity index is 1.07. The fraction of sp³-hybridized carbons (Fsp3) is 0.156. The molecule has 0 bridgehead atoms. The van der Waals surface area contributed by atoms with Crippen molar-refractivity contribution in [2.24, 2.45) is 0 Å². The zero-order chi connectivity index (χ0) is 50.6. The molecule has 0 saturated heterocycles. The van der Waals surface area contributed by atoms with Crippen LogP contribution in [0.15, 0.2) is 170 Å². The Morgan fingerprint density at radius 3 is 1.58 bits per heavy atom. The lowest BCUT2D eigenvalue weighted by atomic mass is 9.33. The first-order valence-corrected chi connectivity index (χ1v) is 26.4. The number of rotatable bonds is 5. The lowest BCUT2D eigenvalue weighted by molar-refractivity contribution is 0.590. The number of anilines is 9. The average molecular weight is 935 g/mol. The fourth-order valence-electron chi connectivity index (χ4n) is 13.6. The summed E-state index contributed by atoms with van der Waals surface area (Å²) in [6.07, 6.45) is 0. The van der Waals surface area contributed by atoms with E-state index in [1.54, 1.807) is 0 Å². The Morgan fingerprint density at radius 1 is 0.411 bits per heavy atom.